The maximum atomic E-state index is 13.2. The molecule has 0 aliphatic rings. The summed E-state index contributed by atoms with van der Waals surface area (Å²) in [7, 11) is 0. The van der Waals surface area contributed by atoms with Crippen LogP contribution in [0.25, 0.3) is 0 Å². The van der Waals surface area contributed by atoms with Crippen molar-refractivity contribution in [3.05, 3.63) is 102 Å². The minimum absolute atomic E-state index is 0. The molecule has 0 aliphatic heterocycles. The van der Waals surface area contributed by atoms with Gasteiger partial charge in [0.25, 0.3) is 5.91 Å². The zero-order valence-corrected chi connectivity index (χ0v) is 23.3. The quantitative estimate of drug-likeness (QED) is 0.242. The van der Waals surface area contributed by atoms with E-state index in [0.717, 1.165) is 18.4 Å². The molecular formula is C29H31N2NaO5. The van der Waals surface area contributed by atoms with Gasteiger partial charge in [-0.2, -0.15) is 0 Å². The van der Waals surface area contributed by atoms with E-state index < -0.39 is 29.9 Å². The van der Waals surface area contributed by atoms with Gasteiger partial charge in [-0.05, 0) is 48.2 Å². The monoisotopic (exact) mass is 510 g/mol. The predicted molar refractivity (Wildman–Crippen MR) is 135 cm³/mol. The molecule has 7 nitrogen and oxygen atoms in total. The van der Waals surface area contributed by atoms with Crippen molar-refractivity contribution < 1.29 is 53.8 Å². The smallest absolute Gasteiger partial charge is 0.548 e. The van der Waals surface area contributed by atoms with Gasteiger partial charge in [-0.15, -0.1) is 0 Å². The third kappa shape index (κ3) is 10.0. The molecule has 0 bridgehead atoms. The second-order valence-electron chi connectivity index (χ2n) is 8.51. The van der Waals surface area contributed by atoms with Crippen LogP contribution in [0.2, 0.25) is 0 Å². The van der Waals surface area contributed by atoms with E-state index in [1.165, 1.54) is 0 Å². The molecule has 0 saturated heterocycles. The summed E-state index contributed by atoms with van der Waals surface area (Å²) >= 11 is 0. The first-order valence-electron chi connectivity index (χ1n) is 12.1. The zero-order chi connectivity index (χ0) is 25.8. The van der Waals surface area contributed by atoms with Crippen molar-refractivity contribution in [2.24, 2.45) is 0 Å². The number of carbonyl (C=O) groups excluding carboxylic acids is 3. The standard InChI is InChI=1S/C29H32N2O5.Na/c1-2-3-18-36-24-16-14-22(15-17-24)20-26(29(34)35)31-28(33)25(19-21-10-6-4-7-11-21)30-27(32)23-12-8-5-9-13-23;/h4-17,25-26H,2-3,18-20H2,1H3,(H,30,32)(H,31,33)(H,34,35);/q;+1/p-1/t25-,26-;/m0./s1. The van der Waals surface area contributed by atoms with E-state index in [0.29, 0.717) is 23.5 Å². The fraction of sp³-hybridized carbons (Fsp3) is 0.276. The van der Waals surface area contributed by atoms with E-state index in [1.54, 1.807) is 54.6 Å². The molecule has 188 valence electrons. The van der Waals surface area contributed by atoms with E-state index in [9.17, 15) is 19.5 Å². The number of rotatable bonds is 13. The van der Waals surface area contributed by atoms with Crippen LogP contribution in [0, 0.1) is 0 Å². The third-order valence-corrected chi connectivity index (χ3v) is 5.67. The van der Waals surface area contributed by atoms with Crippen molar-refractivity contribution in [1.82, 2.24) is 10.6 Å². The van der Waals surface area contributed by atoms with Crippen LogP contribution < -0.4 is 50.0 Å². The van der Waals surface area contributed by atoms with Crippen LogP contribution in [0.5, 0.6) is 5.75 Å². The molecule has 37 heavy (non-hydrogen) atoms. The summed E-state index contributed by atoms with van der Waals surface area (Å²) in [5.41, 5.74) is 1.94. The SMILES string of the molecule is CCCCOc1ccc(C[C@H](NC(=O)[C@H](Cc2ccccc2)NC(=O)c2ccccc2)C(=O)[O-])cc1.[Na+]. The maximum absolute atomic E-state index is 13.2. The topological polar surface area (TPSA) is 108 Å². The molecule has 0 saturated carbocycles. The Hall–Kier alpha value is -3.13. The number of ether oxygens (including phenoxy) is 1. The van der Waals surface area contributed by atoms with Crippen molar-refractivity contribution in [3.8, 4) is 5.75 Å². The molecule has 0 aliphatic carbocycles. The molecule has 0 fully saturated rings. The summed E-state index contributed by atoms with van der Waals surface area (Å²) in [5, 5.41) is 17.2. The Morgan fingerprint density at radius 3 is 1.95 bits per heavy atom. The molecule has 0 unspecified atom stereocenters. The molecule has 3 aromatic rings. The first-order valence-corrected chi connectivity index (χ1v) is 12.1. The largest absolute Gasteiger partial charge is 1.00 e. The van der Waals surface area contributed by atoms with Crippen molar-refractivity contribution in [1.29, 1.82) is 0 Å². The fourth-order valence-electron chi connectivity index (χ4n) is 3.65. The molecule has 0 aromatic heterocycles. The molecular weight excluding hydrogens is 479 g/mol. The van der Waals surface area contributed by atoms with E-state index in [2.05, 4.69) is 17.6 Å². The molecule has 0 spiro atoms. The number of hydrogen-bond donors (Lipinski definition) is 2. The first kappa shape index (κ1) is 30.1. The van der Waals surface area contributed by atoms with Gasteiger partial charge < -0.3 is 25.3 Å². The van der Waals surface area contributed by atoms with E-state index in [1.807, 2.05) is 30.3 Å². The van der Waals surface area contributed by atoms with Gasteiger partial charge in [0.15, 0.2) is 0 Å². The van der Waals surface area contributed by atoms with Crippen LogP contribution in [0.1, 0.15) is 41.3 Å². The van der Waals surface area contributed by atoms with Crippen molar-refractivity contribution >= 4 is 17.8 Å². The summed E-state index contributed by atoms with van der Waals surface area (Å²) < 4.78 is 5.64. The maximum Gasteiger partial charge on any atom is 1.00 e. The number of hydrogen-bond acceptors (Lipinski definition) is 5. The van der Waals surface area contributed by atoms with Gasteiger partial charge >= 0.3 is 29.6 Å². The van der Waals surface area contributed by atoms with Gasteiger partial charge in [0, 0.05) is 12.0 Å². The molecule has 3 aromatic carbocycles. The molecule has 3 rings (SSSR count). The van der Waals surface area contributed by atoms with Crippen LogP contribution in [-0.2, 0) is 22.4 Å². The van der Waals surface area contributed by atoms with Crippen molar-refractivity contribution in [2.45, 2.75) is 44.7 Å². The van der Waals surface area contributed by atoms with Gasteiger partial charge in [-0.3, -0.25) is 9.59 Å². The summed E-state index contributed by atoms with van der Waals surface area (Å²) in [6, 6.07) is 22.6. The molecule has 8 heteroatoms. The van der Waals surface area contributed by atoms with Crippen molar-refractivity contribution in [2.75, 3.05) is 6.61 Å². The Morgan fingerprint density at radius 2 is 1.35 bits per heavy atom. The number of carboxylic acids is 1. The van der Waals surface area contributed by atoms with Crippen molar-refractivity contribution in [3.63, 3.8) is 0 Å². The van der Waals surface area contributed by atoms with Gasteiger partial charge in [-0.25, -0.2) is 0 Å². The van der Waals surface area contributed by atoms with Gasteiger partial charge in [0.2, 0.25) is 5.91 Å². The minimum atomic E-state index is -1.40. The average molecular weight is 511 g/mol. The zero-order valence-electron chi connectivity index (χ0n) is 21.3. The van der Waals surface area contributed by atoms with E-state index in [4.69, 9.17) is 4.74 Å². The number of carboxylic acid groups (broad SMARTS) is 1. The number of carbonyl (C=O) groups is 3. The Morgan fingerprint density at radius 1 is 0.784 bits per heavy atom. The number of aliphatic carboxylic acids is 1. The summed E-state index contributed by atoms with van der Waals surface area (Å²) in [6.45, 7) is 2.70. The summed E-state index contributed by atoms with van der Waals surface area (Å²) in [6.07, 6.45) is 2.22. The van der Waals surface area contributed by atoms with Crippen LogP contribution in [-0.4, -0.2) is 36.5 Å². The number of benzene rings is 3. The Balaban J connectivity index is 0.00000481. The van der Waals surface area contributed by atoms with Gasteiger partial charge in [-0.1, -0.05) is 74.0 Å². The third-order valence-electron chi connectivity index (χ3n) is 5.67. The fourth-order valence-corrected chi connectivity index (χ4v) is 3.65. The second-order valence-corrected chi connectivity index (χ2v) is 8.51. The second kappa shape index (κ2) is 15.9. The number of unbranched alkanes of at least 4 members (excludes halogenated alkanes) is 1. The van der Waals surface area contributed by atoms with E-state index in [-0.39, 0.29) is 42.4 Å². The number of amides is 2. The molecule has 2 N–H and O–H groups in total. The van der Waals surface area contributed by atoms with Gasteiger partial charge in [0.1, 0.15) is 11.8 Å². The normalized spacial score (nSPS) is 11.9. The van der Waals surface area contributed by atoms with Crippen LogP contribution >= 0.6 is 0 Å². The first-order chi connectivity index (χ1) is 17.5. The summed E-state index contributed by atoms with van der Waals surface area (Å²) in [4.78, 5) is 37.8. The Bertz CT molecular complexity index is 1120. The van der Waals surface area contributed by atoms with Crippen LogP contribution in [0.3, 0.4) is 0 Å². The summed E-state index contributed by atoms with van der Waals surface area (Å²) in [5.74, 6) is -1.72. The Kier molecular flexibility index (Phi) is 12.9. The van der Waals surface area contributed by atoms with Crippen LogP contribution in [0.4, 0.5) is 0 Å². The van der Waals surface area contributed by atoms with Crippen LogP contribution in [0.15, 0.2) is 84.9 Å². The molecule has 0 heterocycles. The predicted octanol–water partition coefficient (Wildman–Crippen LogP) is -0.312. The average Bonchev–Trinajstić information content (AvgIpc) is 2.90. The molecule has 2 amide bonds. The molecule has 2 atom stereocenters. The molecule has 0 radical (unpaired) electrons. The minimum Gasteiger partial charge on any atom is -0.548 e. The number of nitrogens with one attached hydrogen (secondary N) is 2. The van der Waals surface area contributed by atoms with E-state index >= 15 is 0 Å². The Labute approximate surface area is 239 Å². The van der Waals surface area contributed by atoms with Gasteiger partial charge in [0.05, 0.1) is 18.6 Å².